The number of nitrogens with two attached hydrogens (primary N) is 1. The summed E-state index contributed by atoms with van der Waals surface area (Å²) >= 11 is 0. The number of carbonyl (C=O) groups is 1. The molecule has 1 aromatic carbocycles. The van der Waals surface area contributed by atoms with E-state index in [1.807, 2.05) is 0 Å². The molecule has 0 heterocycles. The van der Waals surface area contributed by atoms with Crippen LogP contribution < -0.4 is 10.5 Å². The van der Waals surface area contributed by atoms with E-state index in [0.717, 1.165) is 0 Å². The number of hydrogen-bond donors (Lipinski definition) is 2. The number of hydrogen-bond acceptors (Lipinski definition) is 3. The van der Waals surface area contributed by atoms with Gasteiger partial charge >= 0.3 is 0 Å². The molecule has 6 heteroatoms. The van der Waals surface area contributed by atoms with Crippen LogP contribution in [0.15, 0.2) is 29.2 Å². The topological polar surface area (TPSA) is 89.3 Å². The Morgan fingerprint density at radius 2 is 2.00 bits per heavy atom. The summed E-state index contributed by atoms with van der Waals surface area (Å²) < 4.78 is 22.1. The number of sulfonamides is 1. The number of benzene rings is 1. The van der Waals surface area contributed by atoms with Crippen LogP contribution in [0.1, 0.15) is 13.8 Å². The second-order valence-corrected chi connectivity index (χ2v) is 5.28. The molecular weight excluding hydrogens is 228 g/mol. The van der Waals surface area contributed by atoms with Crippen molar-refractivity contribution in [3.8, 4) is 0 Å². The molecule has 0 aliphatic carbocycles. The summed E-state index contributed by atoms with van der Waals surface area (Å²) in [5.74, 6) is -0.343. The zero-order valence-corrected chi connectivity index (χ0v) is 9.91. The minimum absolute atomic E-state index is 0.0194. The molecule has 1 amide bonds. The van der Waals surface area contributed by atoms with Crippen molar-refractivity contribution in [2.45, 2.75) is 18.7 Å². The Morgan fingerprint density at radius 1 is 1.38 bits per heavy atom. The molecule has 1 rings (SSSR count). The maximum atomic E-state index is 11.4. The SMILES string of the molecule is CC(C)C(=O)Nc1cccc(S(N)(=O)=O)c1. The largest absolute Gasteiger partial charge is 0.326 e. The minimum Gasteiger partial charge on any atom is -0.326 e. The first-order chi connectivity index (χ1) is 7.30. The molecule has 0 spiro atoms. The minimum atomic E-state index is -3.73. The Morgan fingerprint density at radius 3 is 2.50 bits per heavy atom. The molecule has 0 bridgehead atoms. The fourth-order valence-electron chi connectivity index (χ4n) is 1.04. The molecule has 0 radical (unpaired) electrons. The Hall–Kier alpha value is -1.40. The van der Waals surface area contributed by atoms with Crippen molar-refractivity contribution in [2.24, 2.45) is 11.1 Å². The molecule has 0 saturated carbocycles. The number of rotatable bonds is 3. The highest BCUT2D eigenvalue weighted by atomic mass is 32.2. The normalized spacial score (nSPS) is 11.5. The van der Waals surface area contributed by atoms with Gasteiger partial charge in [0.05, 0.1) is 4.90 Å². The highest BCUT2D eigenvalue weighted by molar-refractivity contribution is 7.89. The van der Waals surface area contributed by atoms with Gasteiger partial charge in [-0.3, -0.25) is 4.79 Å². The lowest BCUT2D eigenvalue weighted by Crippen LogP contribution is -2.18. The van der Waals surface area contributed by atoms with Crippen LogP contribution in [0.5, 0.6) is 0 Å². The van der Waals surface area contributed by atoms with Gasteiger partial charge in [-0.15, -0.1) is 0 Å². The Labute approximate surface area is 94.7 Å². The van der Waals surface area contributed by atoms with Gasteiger partial charge in [0.1, 0.15) is 0 Å². The van der Waals surface area contributed by atoms with E-state index in [4.69, 9.17) is 5.14 Å². The Kier molecular flexibility index (Phi) is 3.66. The number of carbonyl (C=O) groups excluding carboxylic acids is 1. The third-order valence-corrected chi connectivity index (χ3v) is 2.87. The average molecular weight is 242 g/mol. The first-order valence-electron chi connectivity index (χ1n) is 4.74. The molecule has 88 valence electrons. The van der Waals surface area contributed by atoms with Crippen LogP contribution in [0, 0.1) is 5.92 Å². The third-order valence-electron chi connectivity index (χ3n) is 1.95. The highest BCUT2D eigenvalue weighted by Crippen LogP contribution is 2.14. The second kappa shape index (κ2) is 4.63. The lowest BCUT2D eigenvalue weighted by atomic mass is 10.2. The van der Waals surface area contributed by atoms with E-state index in [2.05, 4.69) is 5.32 Å². The van der Waals surface area contributed by atoms with Crippen molar-refractivity contribution in [3.05, 3.63) is 24.3 Å². The monoisotopic (exact) mass is 242 g/mol. The summed E-state index contributed by atoms with van der Waals surface area (Å²) in [5.41, 5.74) is 0.422. The van der Waals surface area contributed by atoms with Crippen molar-refractivity contribution < 1.29 is 13.2 Å². The smallest absolute Gasteiger partial charge is 0.238 e. The van der Waals surface area contributed by atoms with Crippen LogP contribution in [0.25, 0.3) is 0 Å². The standard InChI is InChI=1S/C10H14N2O3S/c1-7(2)10(13)12-8-4-3-5-9(6-8)16(11,14)15/h3-7H,1-2H3,(H,12,13)(H2,11,14,15). The molecule has 0 fully saturated rings. The number of amides is 1. The van der Waals surface area contributed by atoms with E-state index in [0.29, 0.717) is 5.69 Å². The molecule has 0 aliphatic rings. The van der Waals surface area contributed by atoms with Crippen molar-refractivity contribution in [1.29, 1.82) is 0 Å². The van der Waals surface area contributed by atoms with Gasteiger partial charge in [0, 0.05) is 11.6 Å². The molecule has 0 aliphatic heterocycles. The Bertz CT molecular complexity index is 495. The van der Waals surface area contributed by atoms with Crippen LogP contribution in [-0.2, 0) is 14.8 Å². The van der Waals surface area contributed by atoms with Crippen LogP contribution in [0.4, 0.5) is 5.69 Å². The lowest BCUT2D eigenvalue weighted by Gasteiger charge is -2.08. The molecule has 0 unspecified atom stereocenters. The first-order valence-corrected chi connectivity index (χ1v) is 6.29. The molecule has 5 nitrogen and oxygen atoms in total. The van der Waals surface area contributed by atoms with Gasteiger partial charge < -0.3 is 5.32 Å². The predicted octanol–water partition coefficient (Wildman–Crippen LogP) is 0.929. The number of nitrogens with one attached hydrogen (secondary N) is 1. The molecule has 1 aromatic rings. The van der Waals surface area contributed by atoms with Crippen LogP contribution >= 0.6 is 0 Å². The van der Waals surface area contributed by atoms with Gasteiger partial charge in [0.15, 0.2) is 0 Å². The predicted molar refractivity (Wildman–Crippen MR) is 61.3 cm³/mol. The van der Waals surface area contributed by atoms with E-state index >= 15 is 0 Å². The highest BCUT2D eigenvalue weighted by Gasteiger charge is 2.10. The van der Waals surface area contributed by atoms with E-state index in [1.54, 1.807) is 19.9 Å². The van der Waals surface area contributed by atoms with Gasteiger partial charge in [-0.05, 0) is 18.2 Å². The summed E-state index contributed by atoms with van der Waals surface area (Å²) in [6.45, 7) is 3.50. The quantitative estimate of drug-likeness (QED) is 0.826. The molecular formula is C10H14N2O3S. The molecule has 16 heavy (non-hydrogen) atoms. The summed E-state index contributed by atoms with van der Waals surface area (Å²) in [4.78, 5) is 11.4. The molecule has 0 saturated heterocycles. The van der Waals surface area contributed by atoms with Crippen molar-refractivity contribution in [3.63, 3.8) is 0 Å². The van der Waals surface area contributed by atoms with E-state index in [1.165, 1.54) is 18.2 Å². The van der Waals surface area contributed by atoms with Crippen molar-refractivity contribution >= 4 is 21.6 Å². The number of anilines is 1. The fraction of sp³-hybridized carbons (Fsp3) is 0.300. The van der Waals surface area contributed by atoms with E-state index in [9.17, 15) is 13.2 Å². The van der Waals surface area contributed by atoms with E-state index < -0.39 is 10.0 Å². The van der Waals surface area contributed by atoms with Crippen LogP contribution in [0.3, 0.4) is 0 Å². The zero-order chi connectivity index (χ0) is 12.3. The van der Waals surface area contributed by atoms with Crippen LogP contribution in [0.2, 0.25) is 0 Å². The summed E-state index contributed by atoms with van der Waals surface area (Å²) in [7, 11) is -3.73. The number of primary sulfonamides is 1. The molecule has 0 atom stereocenters. The van der Waals surface area contributed by atoms with Crippen LogP contribution in [-0.4, -0.2) is 14.3 Å². The van der Waals surface area contributed by atoms with Gasteiger partial charge in [-0.1, -0.05) is 19.9 Å². The van der Waals surface area contributed by atoms with Crippen molar-refractivity contribution in [1.82, 2.24) is 0 Å². The second-order valence-electron chi connectivity index (χ2n) is 3.72. The summed E-state index contributed by atoms with van der Waals surface area (Å²) in [6.07, 6.45) is 0. The lowest BCUT2D eigenvalue weighted by molar-refractivity contribution is -0.118. The first kappa shape index (κ1) is 12.7. The summed E-state index contributed by atoms with van der Waals surface area (Å²) in [5, 5.41) is 7.57. The maximum Gasteiger partial charge on any atom is 0.238 e. The van der Waals surface area contributed by atoms with Gasteiger partial charge in [-0.2, -0.15) is 0 Å². The van der Waals surface area contributed by atoms with Crippen molar-refractivity contribution in [2.75, 3.05) is 5.32 Å². The van der Waals surface area contributed by atoms with Gasteiger partial charge in [0.25, 0.3) is 0 Å². The average Bonchev–Trinajstić information content (AvgIpc) is 2.16. The van der Waals surface area contributed by atoms with Gasteiger partial charge in [0.2, 0.25) is 15.9 Å². The molecule has 3 N–H and O–H groups in total. The third kappa shape index (κ3) is 3.32. The fourth-order valence-corrected chi connectivity index (χ4v) is 1.60. The summed E-state index contributed by atoms with van der Waals surface area (Å²) in [6, 6.07) is 5.83. The Balaban J connectivity index is 2.96. The molecule has 0 aromatic heterocycles. The van der Waals surface area contributed by atoms with Gasteiger partial charge in [-0.25, -0.2) is 13.6 Å². The van der Waals surface area contributed by atoms with E-state index in [-0.39, 0.29) is 16.7 Å². The zero-order valence-electron chi connectivity index (χ0n) is 9.10. The maximum absolute atomic E-state index is 11.4.